The normalized spacial score (nSPS) is 15.2. The largest absolute Gasteiger partial charge is 0.355 e. The Hall–Kier alpha value is -4.22. The van der Waals surface area contributed by atoms with Gasteiger partial charge in [0.2, 0.25) is 11.8 Å². The van der Waals surface area contributed by atoms with E-state index >= 15 is 0 Å². The molecule has 0 aliphatic carbocycles. The Morgan fingerprint density at radius 1 is 0.722 bits per heavy atom. The van der Waals surface area contributed by atoms with E-state index in [9.17, 15) is 9.59 Å². The molecule has 5 heteroatoms. The SMILES string of the molecule is O=C1NCCC1N(CC(=O)N(c1ccccc1)c1ccccc1)C(c1ccccc1)c1ccccc1. The van der Waals surface area contributed by atoms with Crippen molar-refractivity contribution in [3.63, 3.8) is 0 Å². The van der Waals surface area contributed by atoms with E-state index in [0.717, 1.165) is 22.5 Å². The van der Waals surface area contributed by atoms with Crippen LogP contribution in [0.4, 0.5) is 11.4 Å². The van der Waals surface area contributed by atoms with Gasteiger partial charge < -0.3 is 5.32 Å². The molecule has 5 nitrogen and oxygen atoms in total. The Morgan fingerprint density at radius 3 is 1.58 bits per heavy atom. The fourth-order valence-corrected chi connectivity index (χ4v) is 4.94. The topological polar surface area (TPSA) is 52.7 Å². The van der Waals surface area contributed by atoms with E-state index in [-0.39, 0.29) is 24.4 Å². The van der Waals surface area contributed by atoms with Crippen molar-refractivity contribution in [2.24, 2.45) is 0 Å². The average molecular weight is 476 g/mol. The lowest BCUT2D eigenvalue weighted by atomic mass is 9.95. The van der Waals surface area contributed by atoms with Crippen LogP contribution in [0.2, 0.25) is 0 Å². The van der Waals surface area contributed by atoms with Crippen molar-refractivity contribution in [2.45, 2.75) is 18.5 Å². The van der Waals surface area contributed by atoms with Crippen molar-refractivity contribution in [1.29, 1.82) is 0 Å². The predicted molar refractivity (Wildman–Crippen MR) is 143 cm³/mol. The summed E-state index contributed by atoms with van der Waals surface area (Å²) in [6.07, 6.45) is 0.652. The Balaban J connectivity index is 1.58. The number of amides is 2. The molecule has 0 saturated carbocycles. The molecule has 0 bridgehead atoms. The van der Waals surface area contributed by atoms with Gasteiger partial charge in [0.15, 0.2) is 0 Å². The lowest BCUT2D eigenvalue weighted by Crippen LogP contribution is -2.48. The molecule has 5 rings (SSSR count). The smallest absolute Gasteiger partial charge is 0.245 e. The Labute approximate surface area is 212 Å². The molecule has 1 heterocycles. The summed E-state index contributed by atoms with van der Waals surface area (Å²) in [6, 6.07) is 38.9. The van der Waals surface area contributed by atoms with Gasteiger partial charge in [-0.15, -0.1) is 0 Å². The van der Waals surface area contributed by atoms with Gasteiger partial charge in [-0.2, -0.15) is 0 Å². The van der Waals surface area contributed by atoms with Gasteiger partial charge in [-0.25, -0.2) is 0 Å². The number of anilines is 2. The summed E-state index contributed by atoms with van der Waals surface area (Å²) < 4.78 is 0. The molecule has 1 aliphatic rings. The second kappa shape index (κ2) is 11.0. The van der Waals surface area contributed by atoms with Crippen LogP contribution in [0.5, 0.6) is 0 Å². The Kier molecular flexibility index (Phi) is 7.20. The van der Waals surface area contributed by atoms with Crippen molar-refractivity contribution in [1.82, 2.24) is 10.2 Å². The standard InChI is InChI=1S/C31H29N3O2/c35-29(34(26-17-9-3-10-18-26)27-19-11-4-12-20-27)23-33(28-21-22-32-31(28)36)30(24-13-5-1-6-14-24)25-15-7-2-8-16-25/h1-20,28,30H,21-23H2,(H,32,36). The number of rotatable bonds is 8. The summed E-state index contributed by atoms with van der Waals surface area (Å²) in [6.45, 7) is 0.682. The van der Waals surface area contributed by atoms with E-state index in [1.165, 1.54) is 0 Å². The molecule has 1 N–H and O–H groups in total. The van der Waals surface area contributed by atoms with Crippen molar-refractivity contribution >= 4 is 23.2 Å². The summed E-state index contributed by atoms with van der Waals surface area (Å²) in [5.74, 6) is -0.130. The average Bonchev–Trinajstić information content (AvgIpc) is 3.36. The van der Waals surface area contributed by atoms with Crippen molar-refractivity contribution in [3.8, 4) is 0 Å². The third-order valence-corrected chi connectivity index (χ3v) is 6.58. The van der Waals surface area contributed by atoms with Crippen LogP contribution in [0.15, 0.2) is 121 Å². The van der Waals surface area contributed by atoms with Crippen LogP contribution in [0, 0.1) is 0 Å². The molecule has 4 aromatic rings. The van der Waals surface area contributed by atoms with Crippen molar-refractivity contribution in [3.05, 3.63) is 132 Å². The second-order valence-corrected chi connectivity index (χ2v) is 8.89. The first kappa shape index (κ1) is 23.5. The fourth-order valence-electron chi connectivity index (χ4n) is 4.94. The van der Waals surface area contributed by atoms with Crippen LogP contribution in [0.1, 0.15) is 23.6 Å². The van der Waals surface area contributed by atoms with Crippen LogP contribution in [0.3, 0.4) is 0 Å². The highest BCUT2D eigenvalue weighted by molar-refractivity contribution is 6.02. The predicted octanol–water partition coefficient (Wildman–Crippen LogP) is 5.33. The van der Waals surface area contributed by atoms with Crippen LogP contribution in [-0.2, 0) is 9.59 Å². The van der Waals surface area contributed by atoms with Gasteiger partial charge in [0.05, 0.1) is 18.6 Å². The summed E-state index contributed by atoms with van der Waals surface area (Å²) in [5.41, 5.74) is 3.67. The lowest BCUT2D eigenvalue weighted by Gasteiger charge is -2.37. The monoisotopic (exact) mass is 475 g/mol. The molecular formula is C31H29N3O2. The summed E-state index contributed by atoms with van der Waals surface area (Å²) in [7, 11) is 0. The molecule has 1 saturated heterocycles. The molecule has 180 valence electrons. The molecule has 4 aromatic carbocycles. The third-order valence-electron chi connectivity index (χ3n) is 6.58. The molecular weight excluding hydrogens is 446 g/mol. The lowest BCUT2D eigenvalue weighted by molar-refractivity contribution is -0.126. The van der Waals surface area contributed by atoms with Crippen LogP contribution in [-0.4, -0.2) is 35.8 Å². The zero-order valence-electron chi connectivity index (χ0n) is 20.0. The van der Waals surface area contributed by atoms with Gasteiger partial charge in [-0.1, -0.05) is 97.1 Å². The van der Waals surface area contributed by atoms with E-state index < -0.39 is 6.04 Å². The Bertz CT molecular complexity index is 1200. The van der Waals surface area contributed by atoms with Gasteiger partial charge in [-0.3, -0.25) is 19.4 Å². The van der Waals surface area contributed by atoms with Crippen LogP contribution < -0.4 is 10.2 Å². The number of benzene rings is 4. The summed E-state index contributed by atoms with van der Waals surface area (Å²) in [5, 5.41) is 2.97. The molecule has 1 atom stereocenters. The second-order valence-electron chi connectivity index (χ2n) is 8.89. The van der Waals surface area contributed by atoms with Gasteiger partial charge >= 0.3 is 0 Å². The quantitative estimate of drug-likeness (QED) is 0.375. The number of carbonyl (C=O) groups is 2. The Morgan fingerprint density at radius 2 is 1.17 bits per heavy atom. The maximum atomic E-state index is 14.1. The first-order valence-corrected chi connectivity index (χ1v) is 12.3. The molecule has 2 amide bonds. The third kappa shape index (κ3) is 5.07. The highest BCUT2D eigenvalue weighted by atomic mass is 16.2. The molecule has 0 radical (unpaired) electrons. The van der Waals surface area contributed by atoms with E-state index in [1.807, 2.05) is 97.1 Å². The van der Waals surface area contributed by atoms with Crippen LogP contribution in [0.25, 0.3) is 0 Å². The molecule has 1 fully saturated rings. The first-order valence-electron chi connectivity index (χ1n) is 12.3. The van der Waals surface area contributed by atoms with Gasteiger partial charge in [0.25, 0.3) is 0 Å². The van der Waals surface area contributed by atoms with E-state index in [0.29, 0.717) is 13.0 Å². The molecule has 1 unspecified atom stereocenters. The van der Waals surface area contributed by atoms with E-state index in [1.54, 1.807) is 4.90 Å². The van der Waals surface area contributed by atoms with E-state index in [2.05, 4.69) is 34.5 Å². The zero-order valence-corrected chi connectivity index (χ0v) is 20.0. The van der Waals surface area contributed by atoms with Crippen molar-refractivity contribution in [2.75, 3.05) is 18.0 Å². The van der Waals surface area contributed by atoms with Gasteiger partial charge in [-0.05, 0) is 41.8 Å². The maximum Gasteiger partial charge on any atom is 0.245 e. The zero-order chi connectivity index (χ0) is 24.7. The highest BCUT2D eigenvalue weighted by Gasteiger charge is 2.38. The minimum absolute atomic E-state index is 0.0364. The molecule has 1 aliphatic heterocycles. The summed E-state index contributed by atoms with van der Waals surface area (Å²) >= 11 is 0. The maximum absolute atomic E-state index is 14.1. The van der Waals surface area contributed by atoms with Gasteiger partial charge in [0.1, 0.15) is 0 Å². The number of nitrogens with one attached hydrogen (secondary N) is 1. The summed E-state index contributed by atoms with van der Waals surface area (Å²) in [4.78, 5) is 30.9. The molecule has 0 aromatic heterocycles. The van der Waals surface area contributed by atoms with Crippen LogP contribution >= 0.6 is 0 Å². The molecule has 0 spiro atoms. The van der Waals surface area contributed by atoms with Crippen molar-refractivity contribution < 1.29 is 9.59 Å². The molecule has 36 heavy (non-hydrogen) atoms. The minimum Gasteiger partial charge on any atom is -0.355 e. The number of hydrogen-bond acceptors (Lipinski definition) is 3. The highest BCUT2D eigenvalue weighted by Crippen LogP contribution is 2.33. The first-order chi connectivity index (χ1) is 17.7. The fraction of sp³-hybridized carbons (Fsp3) is 0.161. The number of para-hydroxylation sites is 2. The van der Waals surface area contributed by atoms with E-state index in [4.69, 9.17) is 0 Å². The van der Waals surface area contributed by atoms with Gasteiger partial charge in [0, 0.05) is 17.9 Å². The number of carbonyl (C=O) groups excluding carboxylic acids is 2. The number of hydrogen-bond donors (Lipinski definition) is 1. The number of nitrogens with zero attached hydrogens (tertiary/aromatic N) is 2. The minimum atomic E-state index is -0.409.